The molecule has 19 heavy (non-hydrogen) atoms. The maximum atomic E-state index is 5.40. The third-order valence-electron chi connectivity index (χ3n) is 2.83. The van der Waals surface area contributed by atoms with Crippen molar-refractivity contribution in [3.8, 4) is 0 Å². The number of hydrogen-bond acceptors (Lipinski definition) is 6. The van der Waals surface area contributed by atoms with Crippen molar-refractivity contribution in [2.75, 3.05) is 10.7 Å². The van der Waals surface area contributed by atoms with Crippen molar-refractivity contribution in [1.29, 1.82) is 0 Å². The summed E-state index contributed by atoms with van der Waals surface area (Å²) in [5.74, 6) is 7.52. The van der Waals surface area contributed by atoms with Gasteiger partial charge in [0.2, 0.25) is 0 Å². The van der Waals surface area contributed by atoms with E-state index in [0.717, 1.165) is 23.6 Å². The van der Waals surface area contributed by atoms with Crippen LogP contribution in [-0.4, -0.2) is 15.0 Å². The van der Waals surface area contributed by atoms with Gasteiger partial charge in [-0.2, -0.15) is 0 Å². The van der Waals surface area contributed by atoms with Crippen molar-refractivity contribution >= 4 is 11.6 Å². The highest BCUT2D eigenvalue weighted by Gasteiger charge is 2.03. The van der Waals surface area contributed by atoms with E-state index < -0.39 is 0 Å². The van der Waals surface area contributed by atoms with Crippen LogP contribution in [0.1, 0.15) is 23.9 Å². The molecule has 0 aliphatic carbocycles. The minimum atomic E-state index is 0.612. The number of anilines is 2. The van der Waals surface area contributed by atoms with Crippen LogP contribution in [0.3, 0.4) is 0 Å². The van der Waals surface area contributed by atoms with Crippen LogP contribution in [0.15, 0.2) is 24.5 Å². The number of pyridine rings is 1. The van der Waals surface area contributed by atoms with E-state index in [2.05, 4.69) is 25.7 Å². The molecule has 0 aliphatic heterocycles. The number of nitrogen functional groups attached to an aromatic ring is 1. The standard InChI is InChI=1S/C13H18N6/c1-3-11-17-12(6-13(18-11)19-14)16-8-10-4-5-15-7-9(10)2/h4-7H,3,8,14H2,1-2H3,(H2,16,17,18,19). The van der Waals surface area contributed by atoms with E-state index in [-0.39, 0.29) is 0 Å². The molecule has 0 aliphatic rings. The smallest absolute Gasteiger partial charge is 0.145 e. The summed E-state index contributed by atoms with van der Waals surface area (Å²) in [5.41, 5.74) is 4.89. The molecule has 0 unspecified atom stereocenters. The van der Waals surface area contributed by atoms with Gasteiger partial charge in [-0.15, -0.1) is 0 Å². The van der Waals surface area contributed by atoms with Crippen LogP contribution in [0.25, 0.3) is 0 Å². The van der Waals surface area contributed by atoms with Crippen LogP contribution >= 0.6 is 0 Å². The average molecular weight is 258 g/mol. The van der Waals surface area contributed by atoms with Crippen LogP contribution < -0.4 is 16.6 Å². The summed E-state index contributed by atoms with van der Waals surface area (Å²) in [4.78, 5) is 12.7. The second-order valence-corrected chi connectivity index (χ2v) is 4.21. The van der Waals surface area contributed by atoms with E-state index in [1.807, 2.05) is 26.1 Å². The second-order valence-electron chi connectivity index (χ2n) is 4.21. The molecule has 2 aromatic heterocycles. The lowest BCUT2D eigenvalue weighted by atomic mass is 10.1. The molecule has 0 saturated carbocycles. The molecule has 2 aromatic rings. The Kier molecular flexibility index (Phi) is 4.25. The highest BCUT2D eigenvalue weighted by molar-refractivity contribution is 5.47. The molecule has 0 radical (unpaired) electrons. The monoisotopic (exact) mass is 258 g/mol. The number of nitrogens with one attached hydrogen (secondary N) is 2. The molecule has 0 spiro atoms. The Morgan fingerprint density at radius 1 is 1.26 bits per heavy atom. The molecule has 4 N–H and O–H groups in total. The zero-order valence-corrected chi connectivity index (χ0v) is 11.1. The van der Waals surface area contributed by atoms with Crippen LogP contribution in [0, 0.1) is 6.92 Å². The van der Waals surface area contributed by atoms with Crippen LogP contribution in [0.4, 0.5) is 11.6 Å². The minimum absolute atomic E-state index is 0.612. The molecule has 0 bridgehead atoms. The highest BCUT2D eigenvalue weighted by atomic mass is 15.3. The van der Waals surface area contributed by atoms with Gasteiger partial charge in [-0.25, -0.2) is 15.8 Å². The van der Waals surface area contributed by atoms with Crippen LogP contribution in [-0.2, 0) is 13.0 Å². The Morgan fingerprint density at radius 2 is 2.05 bits per heavy atom. The largest absolute Gasteiger partial charge is 0.366 e. The first-order chi connectivity index (χ1) is 9.22. The summed E-state index contributed by atoms with van der Waals surface area (Å²) in [5, 5.41) is 3.28. The zero-order valence-electron chi connectivity index (χ0n) is 11.1. The number of hydrogen-bond donors (Lipinski definition) is 3. The molecule has 0 amide bonds. The van der Waals surface area contributed by atoms with E-state index in [0.29, 0.717) is 12.4 Å². The molecular weight excluding hydrogens is 240 g/mol. The maximum absolute atomic E-state index is 5.40. The van der Waals surface area contributed by atoms with Gasteiger partial charge in [0, 0.05) is 31.4 Å². The van der Waals surface area contributed by atoms with Gasteiger partial charge in [-0.3, -0.25) is 4.98 Å². The average Bonchev–Trinajstić information content (AvgIpc) is 2.46. The van der Waals surface area contributed by atoms with Crippen LogP contribution in [0.2, 0.25) is 0 Å². The van der Waals surface area contributed by atoms with Gasteiger partial charge < -0.3 is 10.7 Å². The van der Waals surface area contributed by atoms with Gasteiger partial charge in [0.05, 0.1) is 0 Å². The van der Waals surface area contributed by atoms with E-state index in [1.165, 1.54) is 5.56 Å². The number of aromatic nitrogens is 3. The van der Waals surface area contributed by atoms with E-state index >= 15 is 0 Å². The summed E-state index contributed by atoms with van der Waals surface area (Å²) in [7, 11) is 0. The van der Waals surface area contributed by atoms with Gasteiger partial charge >= 0.3 is 0 Å². The molecule has 0 aromatic carbocycles. The Balaban J connectivity index is 2.13. The van der Waals surface area contributed by atoms with Crippen molar-refractivity contribution in [3.05, 3.63) is 41.5 Å². The number of nitrogens with two attached hydrogens (primary N) is 1. The molecule has 2 heterocycles. The van der Waals surface area contributed by atoms with Crippen molar-refractivity contribution in [2.24, 2.45) is 5.84 Å². The molecule has 100 valence electrons. The number of nitrogens with zero attached hydrogens (tertiary/aromatic N) is 3. The lowest BCUT2D eigenvalue weighted by molar-refractivity contribution is 0.930. The third kappa shape index (κ3) is 3.38. The lowest BCUT2D eigenvalue weighted by Gasteiger charge is -2.10. The second kappa shape index (κ2) is 6.10. The molecule has 0 atom stereocenters. The molecule has 0 saturated heterocycles. The fourth-order valence-electron chi connectivity index (χ4n) is 1.71. The number of hydrazine groups is 1. The molecule has 6 nitrogen and oxygen atoms in total. The molecule has 6 heteroatoms. The number of rotatable bonds is 5. The van der Waals surface area contributed by atoms with E-state index in [4.69, 9.17) is 5.84 Å². The summed E-state index contributed by atoms with van der Waals surface area (Å²) < 4.78 is 0. The highest BCUT2D eigenvalue weighted by Crippen LogP contribution is 2.13. The van der Waals surface area contributed by atoms with Crippen LogP contribution in [0.5, 0.6) is 0 Å². The van der Waals surface area contributed by atoms with Gasteiger partial charge in [0.15, 0.2) is 0 Å². The Bertz CT molecular complexity index is 532. The summed E-state index contributed by atoms with van der Waals surface area (Å²) >= 11 is 0. The quantitative estimate of drug-likeness (QED) is 0.558. The summed E-state index contributed by atoms with van der Waals surface area (Å²) in [6.07, 6.45) is 4.40. The van der Waals surface area contributed by atoms with Gasteiger partial charge in [-0.1, -0.05) is 6.92 Å². The predicted octanol–water partition coefficient (Wildman–Crippen LogP) is 1.64. The maximum Gasteiger partial charge on any atom is 0.145 e. The Labute approximate surface area is 112 Å². The molecule has 0 fully saturated rings. The summed E-state index contributed by atoms with van der Waals surface area (Å²) in [6, 6.07) is 3.78. The zero-order chi connectivity index (χ0) is 13.7. The van der Waals surface area contributed by atoms with Gasteiger partial charge in [-0.05, 0) is 24.1 Å². The fraction of sp³-hybridized carbons (Fsp3) is 0.308. The van der Waals surface area contributed by atoms with Crippen molar-refractivity contribution in [1.82, 2.24) is 15.0 Å². The Hall–Kier alpha value is -2.21. The molecular formula is C13H18N6. The topological polar surface area (TPSA) is 88.8 Å². The SMILES string of the molecule is CCc1nc(NN)cc(NCc2ccncc2C)n1. The van der Waals surface area contributed by atoms with Crippen molar-refractivity contribution < 1.29 is 0 Å². The minimum Gasteiger partial charge on any atom is -0.366 e. The first kappa shape index (κ1) is 13.2. The fourth-order valence-corrected chi connectivity index (χ4v) is 1.71. The first-order valence-electron chi connectivity index (χ1n) is 6.21. The van der Waals surface area contributed by atoms with E-state index in [9.17, 15) is 0 Å². The Morgan fingerprint density at radius 3 is 2.74 bits per heavy atom. The first-order valence-corrected chi connectivity index (χ1v) is 6.21. The van der Waals surface area contributed by atoms with E-state index in [1.54, 1.807) is 12.3 Å². The van der Waals surface area contributed by atoms with Gasteiger partial charge in [0.25, 0.3) is 0 Å². The van der Waals surface area contributed by atoms with Crippen molar-refractivity contribution in [2.45, 2.75) is 26.8 Å². The molecule has 2 rings (SSSR count). The van der Waals surface area contributed by atoms with Crippen molar-refractivity contribution in [3.63, 3.8) is 0 Å². The summed E-state index contributed by atoms with van der Waals surface area (Å²) in [6.45, 7) is 4.74. The number of aryl methyl sites for hydroxylation is 2. The normalized spacial score (nSPS) is 10.3. The third-order valence-corrected chi connectivity index (χ3v) is 2.83. The predicted molar refractivity (Wildman–Crippen MR) is 75.5 cm³/mol. The lowest BCUT2D eigenvalue weighted by Crippen LogP contribution is -2.12. The van der Waals surface area contributed by atoms with Gasteiger partial charge in [0.1, 0.15) is 17.5 Å².